The number of hydrogen-bond acceptors (Lipinski definition) is 3. The second-order valence-corrected chi connectivity index (χ2v) is 5.24. The zero-order chi connectivity index (χ0) is 16.1. The van der Waals surface area contributed by atoms with Crippen LogP contribution >= 0.6 is 11.6 Å². The Balaban J connectivity index is 1.99. The minimum Gasteiger partial charge on any atom is -0.340 e. The molecule has 1 aromatic carbocycles. The molecule has 1 atom stereocenters. The van der Waals surface area contributed by atoms with Crippen LogP contribution in [0.2, 0.25) is 5.02 Å². The summed E-state index contributed by atoms with van der Waals surface area (Å²) >= 11 is 5.96. The van der Waals surface area contributed by atoms with Gasteiger partial charge in [0.25, 0.3) is 5.91 Å². The number of halogens is 1. The number of benzene rings is 1. The highest BCUT2D eigenvalue weighted by Crippen LogP contribution is 2.14. The van der Waals surface area contributed by atoms with Crippen LogP contribution in [-0.4, -0.2) is 22.8 Å². The van der Waals surface area contributed by atoms with E-state index in [0.717, 1.165) is 5.69 Å². The van der Waals surface area contributed by atoms with Crippen LogP contribution in [0.15, 0.2) is 42.5 Å². The second kappa shape index (κ2) is 7.04. The zero-order valence-corrected chi connectivity index (χ0v) is 13.0. The summed E-state index contributed by atoms with van der Waals surface area (Å²) in [5.74, 6) is -0.298. The van der Waals surface area contributed by atoms with Crippen molar-refractivity contribution in [2.75, 3.05) is 5.32 Å². The van der Waals surface area contributed by atoms with Crippen molar-refractivity contribution in [2.24, 2.45) is 0 Å². The second-order valence-electron chi connectivity index (χ2n) is 4.83. The number of nitrogens with one attached hydrogen (secondary N) is 2. The standard InChI is InChI=1S/C16H16ClN3O2/c1-10-6-5-9-14(18-10)20-15(21)11(2)19-16(22)12-7-3-4-8-13(12)17/h3-9,11H,1-2H3,(H,19,22)(H,18,20,21). The van der Waals surface area contributed by atoms with Gasteiger partial charge in [-0.3, -0.25) is 9.59 Å². The predicted molar refractivity (Wildman–Crippen MR) is 86.0 cm³/mol. The summed E-state index contributed by atoms with van der Waals surface area (Å²) in [6, 6.07) is 11.3. The van der Waals surface area contributed by atoms with Gasteiger partial charge in [0.1, 0.15) is 11.9 Å². The number of carbonyl (C=O) groups excluding carboxylic acids is 2. The number of carbonyl (C=O) groups is 2. The largest absolute Gasteiger partial charge is 0.340 e. The fraction of sp³-hybridized carbons (Fsp3) is 0.188. The van der Waals surface area contributed by atoms with Crippen LogP contribution < -0.4 is 10.6 Å². The molecule has 0 aliphatic carbocycles. The van der Waals surface area contributed by atoms with E-state index in [0.29, 0.717) is 16.4 Å². The Morgan fingerprint density at radius 3 is 2.55 bits per heavy atom. The summed E-state index contributed by atoms with van der Waals surface area (Å²) in [6.45, 7) is 3.43. The minimum absolute atomic E-state index is 0.331. The van der Waals surface area contributed by atoms with Gasteiger partial charge >= 0.3 is 0 Å². The number of rotatable bonds is 4. The Hall–Kier alpha value is -2.40. The van der Waals surface area contributed by atoms with E-state index in [-0.39, 0.29) is 5.91 Å². The maximum absolute atomic E-state index is 12.1. The van der Waals surface area contributed by atoms with E-state index >= 15 is 0 Å². The van der Waals surface area contributed by atoms with Gasteiger partial charge < -0.3 is 10.6 Å². The quantitative estimate of drug-likeness (QED) is 0.911. The Morgan fingerprint density at radius 2 is 1.86 bits per heavy atom. The highest BCUT2D eigenvalue weighted by Gasteiger charge is 2.18. The smallest absolute Gasteiger partial charge is 0.253 e. The fourth-order valence-electron chi connectivity index (χ4n) is 1.83. The maximum atomic E-state index is 12.1. The number of amides is 2. The molecule has 1 unspecified atom stereocenters. The molecule has 2 N–H and O–H groups in total. The van der Waals surface area contributed by atoms with Crippen molar-refractivity contribution in [2.45, 2.75) is 19.9 Å². The summed E-state index contributed by atoms with van der Waals surface area (Å²) in [5, 5.41) is 5.61. The molecule has 0 spiro atoms. The summed E-state index contributed by atoms with van der Waals surface area (Å²) < 4.78 is 0. The minimum atomic E-state index is -0.717. The first-order chi connectivity index (χ1) is 10.5. The van der Waals surface area contributed by atoms with Gasteiger partial charge in [0, 0.05) is 5.69 Å². The first-order valence-electron chi connectivity index (χ1n) is 6.77. The van der Waals surface area contributed by atoms with Crippen molar-refractivity contribution in [1.82, 2.24) is 10.3 Å². The highest BCUT2D eigenvalue weighted by molar-refractivity contribution is 6.33. The molecule has 1 aromatic heterocycles. The van der Waals surface area contributed by atoms with Gasteiger partial charge in [-0.05, 0) is 38.1 Å². The molecular formula is C16H16ClN3O2. The van der Waals surface area contributed by atoms with Crippen LogP contribution in [0, 0.1) is 6.92 Å². The summed E-state index contributed by atoms with van der Waals surface area (Å²) in [7, 11) is 0. The molecule has 22 heavy (non-hydrogen) atoms. The van der Waals surface area contributed by atoms with Crippen LogP contribution in [0.4, 0.5) is 5.82 Å². The summed E-state index contributed by atoms with van der Waals surface area (Å²) in [4.78, 5) is 28.4. The van der Waals surface area contributed by atoms with Crippen molar-refractivity contribution in [3.63, 3.8) is 0 Å². The Bertz CT molecular complexity index is 703. The molecule has 114 valence electrons. The number of pyridine rings is 1. The van der Waals surface area contributed by atoms with Crippen LogP contribution in [0.3, 0.4) is 0 Å². The first-order valence-corrected chi connectivity index (χ1v) is 7.15. The number of hydrogen-bond donors (Lipinski definition) is 2. The van der Waals surface area contributed by atoms with Crippen LogP contribution in [0.1, 0.15) is 23.0 Å². The normalized spacial score (nSPS) is 11.6. The van der Waals surface area contributed by atoms with Gasteiger partial charge in [-0.25, -0.2) is 4.98 Å². The lowest BCUT2D eigenvalue weighted by atomic mass is 10.2. The van der Waals surface area contributed by atoms with Crippen molar-refractivity contribution >= 4 is 29.2 Å². The lowest BCUT2D eigenvalue weighted by molar-refractivity contribution is -0.117. The zero-order valence-electron chi connectivity index (χ0n) is 12.3. The summed E-state index contributed by atoms with van der Waals surface area (Å²) in [5.41, 5.74) is 1.13. The van der Waals surface area contributed by atoms with E-state index in [1.54, 1.807) is 43.3 Å². The van der Waals surface area contributed by atoms with Gasteiger partial charge in [-0.2, -0.15) is 0 Å². The molecule has 0 radical (unpaired) electrons. The van der Waals surface area contributed by atoms with E-state index in [9.17, 15) is 9.59 Å². The molecule has 0 aliphatic rings. The first kappa shape index (κ1) is 16.0. The molecule has 0 aliphatic heterocycles. The van der Waals surface area contributed by atoms with Gasteiger partial charge in [-0.1, -0.05) is 29.8 Å². The molecule has 1 heterocycles. The molecule has 0 bridgehead atoms. The fourth-order valence-corrected chi connectivity index (χ4v) is 2.05. The molecule has 6 heteroatoms. The topological polar surface area (TPSA) is 71.1 Å². The van der Waals surface area contributed by atoms with Gasteiger partial charge in [-0.15, -0.1) is 0 Å². The summed E-state index contributed by atoms with van der Waals surface area (Å²) in [6.07, 6.45) is 0. The maximum Gasteiger partial charge on any atom is 0.253 e. The molecule has 2 rings (SSSR count). The van der Waals surface area contributed by atoms with E-state index in [4.69, 9.17) is 11.6 Å². The Labute approximate surface area is 133 Å². The Kier molecular flexibility index (Phi) is 5.12. The third-order valence-corrected chi connectivity index (χ3v) is 3.33. The Morgan fingerprint density at radius 1 is 1.14 bits per heavy atom. The SMILES string of the molecule is Cc1cccc(NC(=O)C(C)NC(=O)c2ccccc2Cl)n1. The molecule has 0 saturated heterocycles. The molecular weight excluding hydrogens is 302 g/mol. The van der Waals surface area contributed by atoms with E-state index < -0.39 is 11.9 Å². The molecule has 0 saturated carbocycles. The van der Waals surface area contributed by atoms with E-state index in [1.807, 2.05) is 13.0 Å². The van der Waals surface area contributed by atoms with E-state index in [2.05, 4.69) is 15.6 Å². The van der Waals surface area contributed by atoms with Crippen LogP contribution in [0.25, 0.3) is 0 Å². The van der Waals surface area contributed by atoms with Crippen LogP contribution in [-0.2, 0) is 4.79 Å². The van der Waals surface area contributed by atoms with E-state index in [1.165, 1.54) is 0 Å². The lowest BCUT2D eigenvalue weighted by Crippen LogP contribution is -2.41. The average molecular weight is 318 g/mol. The molecule has 2 amide bonds. The van der Waals surface area contributed by atoms with Crippen LogP contribution in [0.5, 0.6) is 0 Å². The van der Waals surface area contributed by atoms with Crippen molar-refractivity contribution < 1.29 is 9.59 Å². The van der Waals surface area contributed by atoms with Gasteiger partial charge in [0.15, 0.2) is 0 Å². The lowest BCUT2D eigenvalue weighted by Gasteiger charge is -2.14. The average Bonchev–Trinajstić information content (AvgIpc) is 2.47. The molecule has 5 nitrogen and oxygen atoms in total. The van der Waals surface area contributed by atoms with Crippen molar-refractivity contribution in [1.29, 1.82) is 0 Å². The van der Waals surface area contributed by atoms with Crippen molar-refractivity contribution in [3.8, 4) is 0 Å². The van der Waals surface area contributed by atoms with Crippen molar-refractivity contribution in [3.05, 3.63) is 58.7 Å². The third kappa shape index (κ3) is 4.05. The number of anilines is 1. The predicted octanol–water partition coefficient (Wildman–Crippen LogP) is 2.80. The molecule has 0 fully saturated rings. The number of nitrogens with zero attached hydrogens (tertiary/aromatic N) is 1. The van der Waals surface area contributed by atoms with Gasteiger partial charge in [0.05, 0.1) is 10.6 Å². The number of aromatic nitrogens is 1. The highest BCUT2D eigenvalue weighted by atomic mass is 35.5. The number of aryl methyl sites for hydroxylation is 1. The third-order valence-electron chi connectivity index (χ3n) is 3.00. The van der Waals surface area contributed by atoms with Gasteiger partial charge in [0.2, 0.25) is 5.91 Å². The molecule has 2 aromatic rings. The monoisotopic (exact) mass is 317 g/mol.